The molecule has 0 spiro atoms. The predicted octanol–water partition coefficient (Wildman–Crippen LogP) is 8.02. The third-order valence-electron chi connectivity index (χ3n) is 5.64. The molecule has 0 radical (unpaired) electrons. The molecule has 1 aromatic rings. The predicted molar refractivity (Wildman–Crippen MR) is 127 cm³/mol. The van der Waals surface area contributed by atoms with Gasteiger partial charge in [0, 0.05) is 6.42 Å². The summed E-state index contributed by atoms with van der Waals surface area (Å²) in [6, 6.07) is 6.99. The third-order valence-corrected chi connectivity index (χ3v) is 5.64. The minimum absolute atomic E-state index is 0.0988. The average molecular weight is 433 g/mol. The fraction of sp³-hybridized carbons (Fsp3) is 0.704. The first-order chi connectivity index (χ1) is 15.1. The quantitative estimate of drug-likeness (QED) is 0.134. The maximum atomic E-state index is 12.8. The highest BCUT2D eigenvalue weighted by molar-refractivity contribution is 5.77. The van der Waals surface area contributed by atoms with Crippen LogP contribution in [0.5, 0.6) is 11.5 Å². The van der Waals surface area contributed by atoms with E-state index in [1.165, 1.54) is 44.9 Å². The molecule has 176 valence electrons. The van der Waals surface area contributed by atoms with Gasteiger partial charge in [0.25, 0.3) is 0 Å². The molecule has 1 rings (SSSR count). The lowest BCUT2D eigenvalue weighted by molar-refractivity contribution is -0.140. The van der Waals surface area contributed by atoms with Crippen molar-refractivity contribution in [1.29, 1.82) is 0 Å². The number of carbonyl (C=O) groups excluding carboxylic acids is 2. The fourth-order valence-electron chi connectivity index (χ4n) is 3.76. The Morgan fingerprint density at radius 3 is 1.84 bits per heavy atom. The van der Waals surface area contributed by atoms with E-state index >= 15 is 0 Å². The Bertz CT molecular complexity index is 611. The molecule has 0 bridgehead atoms. The van der Waals surface area contributed by atoms with Crippen LogP contribution in [0.25, 0.3) is 0 Å². The standard InChI is InChI=1S/C27H44O4/c1-4-7-9-11-12-13-15-22-26(28)30-24-20-16-17-21-25(24)31-27(29)23(18-6-3)19-14-10-8-5-2/h16-17,20-21,23H,4-15,18-19,22H2,1-3H3. The van der Waals surface area contributed by atoms with Gasteiger partial charge in [0.1, 0.15) is 0 Å². The van der Waals surface area contributed by atoms with Gasteiger partial charge in [-0.1, -0.05) is 104 Å². The number of esters is 2. The van der Waals surface area contributed by atoms with Crippen molar-refractivity contribution in [2.45, 2.75) is 117 Å². The molecule has 0 fully saturated rings. The summed E-state index contributed by atoms with van der Waals surface area (Å²) in [7, 11) is 0. The molecule has 1 atom stereocenters. The van der Waals surface area contributed by atoms with Gasteiger partial charge < -0.3 is 9.47 Å². The zero-order valence-corrected chi connectivity index (χ0v) is 20.1. The van der Waals surface area contributed by atoms with E-state index in [2.05, 4.69) is 20.8 Å². The van der Waals surface area contributed by atoms with E-state index in [-0.39, 0.29) is 17.9 Å². The topological polar surface area (TPSA) is 52.6 Å². The van der Waals surface area contributed by atoms with Crippen molar-refractivity contribution in [3.05, 3.63) is 24.3 Å². The Hall–Kier alpha value is -1.84. The van der Waals surface area contributed by atoms with Gasteiger partial charge in [0.15, 0.2) is 11.5 Å². The summed E-state index contributed by atoms with van der Waals surface area (Å²) in [5.74, 6) is 0.106. The van der Waals surface area contributed by atoms with E-state index in [4.69, 9.17) is 9.47 Å². The second kappa shape index (κ2) is 17.8. The zero-order valence-electron chi connectivity index (χ0n) is 20.1. The molecule has 1 aromatic carbocycles. The number of hydrogen-bond acceptors (Lipinski definition) is 4. The maximum Gasteiger partial charge on any atom is 0.314 e. The molecule has 0 aliphatic rings. The van der Waals surface area contributed by atoms with Crippen molar-refractivity contribution in [2.75, 3.05) is 0 Å². The Labute approximate surface area is 190 Å². The smallest absolute Gasteiger partial charge is 0.314 e. The second-order valence-corrected chi connectivity index (χ2v) is 8.55. The second-order valence-electron chi connectivity index (χ2n) is 8.55. The van der Waals surface area contributed by atoms with E-state index in [0.717, 1.165) is 44.9 Å². The molecular weight excluding hydrogens is 388 g/mol. The molecule has 0 heterocycles. The van der Waals surface area contributed by atoms with E-state index in [1.807, 2.05) is 0 Å². The lowest BCUT2D eigenvalue weighted by atomic mass is 9.96. The summed E-state index contributed by atoms with van der Waals surface area (Å²) in [6.45, 7) is 6.48. The normalized spacial score (nSPS) is 11.8. The first-order valence-electron chi connectivity index (χ1n) is 12.6. The van der Waals surface area contributed by atoms with Crippen LogP contribution in [0, 0.1) is 5.92 Å². The van der Waals surface area contributed by atoms with Crippen LogP contribution < -0.4 is 9.47 Å². The Kier molecular flexibility index (Phi) is 15.6. The molecule has 0 aliphatic carbocycles. The first kappa shape index (κ1) is 27.2. The molecule has 4 nitrogen and oxygen atoms in total. The van der Waals surface area contributed by atoms with E-state index in [0.29, 0.717) is 17.9 Å². The highest BCUT2D eigenvalue weighted by Crippen LogP contribution is 2.29. The van der Waals surface area contributed by atoms with E-state index in [9.17, 15) is 9.59 Å². The number of unbranched alkanes of at least 4 members (excludes halogenated alkanes) is 9. The van der Waals surface area contributed by atoms with Crippen LogP contribution >= 0.6 is 0 Å². The SMILES string of the molecule is CCCCCCCCCC(=O)Oc1ccccc1OC(=O)C(CCC)CCCCCC. The molecule has 31 heavy (non-hydrogen) atoms. The Morgan fingerprint density at radius 2 is 1.23 bits per heavy atom. The van der Waals surface area contributed by atoms with Crippen molar-refractivity contribution in [1.82, 2.24) is 0 Å². The third kappa shape index (κ3) is 12.6. The first-order valence-corrected chi connectivity index (χ1v) is 12.6. The van der Waals surface area contributed by atoms with Crippen LogP contribution in [0.4, 0.5) is 0 Å². The summed E-state index contributed by atoms with van der Waals surface area (Å²) in [5.41, 5.74) is 0. The number of hydrogen-bond donors (Lipinski definition) is 0. The number of ether oxygens (including phenoxy) is 2. The molecule has 0 N–H and O–H groups in total. The van der Waals surface area contributed by atoms with E-state index in [1.54, 1.807) is 24.3 Å². The van der Waals surface area contributed by atoms with Gasteiger partial charge in [0.2, 0.25) is 0 Å². The minimum Gasteiger partial charge on any atom is -0.423 e. The van der Waals surface area contributed by atoms with Gasteiger partial charge in [-0.05, 0) is 31.4 Å². The van der Waals surface area contributed by atoms with Gasteiger partial charge in [-0.25, -0.2) is 0 Å². The van der Waals surface area contributed by atoms with Crippen molar-refractivity contribution in [2.24, 2.45) is 5.92 Å². The summed E-state index contributed by atoms with van der Waals surface area (Å²) in [4.78, 5) is 25.0. The minimum atomic E-state index is -0.262. The zero-order chi connectivity index (χ0) is 22.7. The van der Waals surface area contributed by atoms with Crippen LogP contribution in [0.3, 0.4) is 0 Å². The summed E-state index contributed by atoms with van der Waals surface area (Å²) >= 11 is 0. The lowest BCUT2D eigenvalue weighted by Crippen LogP contribution is -2.21. The molecule has 0 amide bonds. The number of para-hydroxylation sites is 2. The molecular formula is C27H44O4. The highest BCUT2D eigenvalue weighted by atomic mass is 16.6. The average Bonchev–Trinajstić information content (AvgIpc) is 2.76. The van der Waals surface area contributed by atoms with Crippen LogP contribution in [-0.2, 0) is 9.59 Å². The largest absolute Gasteiger partial charge is 0.423 e. The van der Waals surface area contributed by atoms with Gasteiger partial charge in [-0.3, -0.25) is 9.59 Å². The molecule has 1 unspecified atom stereocenters. The highest BCUT2D eigenvalue weighted by Gasteiger charge is 2.21. The Balaban J connectivity index is 2.51. The van der Waals surface area contributed by atoms with Crippen LogP contribution in [0.2, 0.25) is 0 Å². The van der Waals surface area contributed by atoms with Crippen molar-refractivity contribution in [3.8, 4) is 11.5 Å². The van der Waals surface area contributed by atoms with Gasteiger partial charge in [-0.15, -0.1) is 0 Å². The van der Waals surface area contributed by atoms with E-state index < -0.39 is 0 Å². The van der Waals surface area contributed by atoms with Crippen molar-refractivity contribution < 1.29 is 19.1 Å². The van der Waals surface area contributed by atoms with Gasteiger partial charge in [0.05, 0.1) is 5.92 Å². The molecule has 0 saturated heterocycles. The fourth-order valence-corrected chi connectivity index (χ4v) is 3.76. The molecule has 0 aromatic heterocycles. The van der Waals surface area contributed by atoms with Gasteiger partial charge >= 0.3 is 11.9 Å². The lowest BCUT2D eigenvalue weighted by Gasteiger charge is -2.16. The molecule has 4 heteroatoms. The summed E-state index contributed by atoms with van der Waals surface area (Å²) in [6.07, 6.45) is 15.7. The number of benzene rings is 1. The monoisotopic (exact) mass is 432 g/mol. The molecule has 0 aliphatic heterocycles. The number of rotatable bonds is 18. The van der Waals surface area contributed by atoms with Crippen LogP contribution in [-0.4, -0.2) is 11.9 Å². The van der Waals surface area contributed by atoms with Crippen LogP contribution in [0.1, 0.15) is 117 Å². The molecule has 0 saturated carbocycles. The summed E-state index contributed by atoms with van der Waals surface area (Å²) < 4.78 is 11.2. The maximum absolute atomic E-state index is 12.8. The van der Waals surface area contributed by atoms with Gasteiger partial charge in [-0.2, -0.15) is 0 Å². The van der Waals surface area contributed by atoms with Crippen LogP contribution in [0.15, 0.2) is 24.3 Å². The van der Waals surface area contributed by atoms with Crippen molar-refractivity contribution in [3.63, 3.8) is 0 Å². The number of carbonyl (C=O) groups is 2. The summed E-state index contributed by atoms with van der Waals surface area (Å²) in [5, 5.41) is 0. The Morgan fingerprint density at radius 1 is 0.677 bits per heavy atom. The van der Waals surface area contributed by atoms with Crippen molar-refractivity contribution >= 4 is 11.9 Å².